The minimum absolute atomic E-state index is 0.00229. The van der Waals surface area contributed by atoms with E-state index in [0.29, 0.717) is 5.75 Å². The van der Waals surface area contributed by atoms with Gasteiger partial charge in [0.15, 0.2) is 0 Å². The van der Waals surface area contributed by atoms with Crippen molar-refractivity contribution in [2.24, 2.45) is 5.73 Å². The summed E-state index contributed by atoms with van der Waals surface area (Å²) in [5, 5.41) is 9.13. The lowest BCUT2D eigenvalue weighted by Crippen LogP contribution is -2.06. The van der Waals surface area contributed by atoms with Gasteiger partial charge in [-0.2, -0.15) is 0 Å². The molecule has 0 saturated heterocycles. The molecule has 0 saturated carbocycles. The van der Waals surface area contributed by atoms with Gasteiger partial charge in [-0.1, -0.05) is 28.1 Å². The van der Waals surface area contributed by atoms with Crippen molar-refractivity contribution < 1.29 is 9.84 Å². The zero-order valence-corrected chi connectivity index (χ0v) is 12.2. The van der Waals surface area contributed by atoms with Gasteiger partial charge in [0, 0.05) is 16.1 Å². The average Bonchev–Trinajstić information content (AvgIpc) is 2.41. The van der Waals surface area contributed by atoms with Crippen LogP contribution in [0.1, 0.15) is 24.1 Å². The molecule has 4 heteroatoms. The van der Waals surface area contributed by atoms with Crippen LogP contribution in [-0.4, -0.2) is 5.11 Å². The van der Waals surface area contributed by atoms with E-state index in [2.05, 4.69) is 15.9 Å². The molecule has 0 amide bonds. The topological polar surface area (TPSA) is 55.5 Å². The van der Waals surface area contributed by atoms with Crippen LogP contribution in [0.5, 0.6) is 11.5 Å². The molecule has 0 bridgehead atoms. The van der Waals surface area contributed by atoms with E-state index in [4.69, 9.17) is 15.6 Å². The van der Waals surface area contributed by atoms with Crippen molar-refractivity contribution in [1.29, 1.82) is 0 Å². The van der Waals surface area contributed by atoms with Gasteiger partial charge in [0.2, 0.25) is 0 Å². The van der Waals surface area contributed by atoms with E-state index in [0.717, 1.165) is 21.3 Å². The summed E-state index contributed by atoms with van der Waals surface area (Å²) in [5.74, 6) is 1.42. The van der Waals surface area contributed by atoms with Crippen molar-refractivity contribution in [3.8, 4) is 11.5 Å². The summed E-state index contributed by atoms with van der Waals surface area (Å²) in [4.78, 5) is 0. The quantitative estimate of drug-likeness (QED) is 0.901. The molecular weight excluding hydrogens is 306 g/mol. The lowest BCUT2D eigenvalue weighted by molar-refractivity contribution is 0.281. The predicted octanol–water partition coefficient (Wildman–Crippen LogP) is 3.75. The first-order valence-corrected chi connectivity index (χ1v) is 6.82. The number of halogens is 1. The number of benzene rings is 2. The Morgan fingerprint density at radius 2 is 2.05 bits per heavy atom. The largest absolute Gasteiger partial charge is 0.457 e. The standard InChI is InChI=1S/C15H16BrNO2/c1-10(17)14-8-12(16)5-6-15(14)19-13-4-2-3-11(7-13)9-18/h2-8,10,18H,9,17H2,1H3. The lowest BCUT2D eigenvalue weighted by Gasteiger charge is -2.14. The molecular formula is C15H16BrNO2. The van der Waals surface area contributed by atoms with Gasteiger partial charge in [-0.3, -0.25) is 0 Å². The molecule has 0 spiro atoms. The molecule has 2 aromatic rings. The van der Waals surface area contributed by atoms with Gasteiger partial charge in [0.25, 0.3) is 0 Å². The Kier molecular flexibility index (Phi) is 4.58. The Labute approximate surface area is 121 Å². The number of hydrogen-bond acceptors (Lipinski definition) is 3. The molecule has 19 heavy (non-hydrogen) atoms. The zero-order valence-electron chi connectivity index (χ0n) is 10.6. The first-order valence-electron chi connectivity index (χ1n) is 6.03. The van der Waals surface area contributed by atoms with Crippen LogP contribution in [0, 0.1) is 0 Å². The van der Waals surface area contributed by atoms with Gasteiger partial charge in [0.1, 0.15) is 11.5 Å². The second-order valence-corrected chi connectivity index (χ2v) is 5.29. The molecule has 0 aliphatic carbocycles. The summed E-state index contributed by atoms with van der Waals surface area (Å²) in [7, 11) is 0. The molecule has 2 aromatic carbocycles. The summed E-state index contributed by atoms with van der Waals surface area (Å²) >= 11 is 3.43. The summed E-state index contributed by atoms with van der Waals surface area (Å²) in [6.45, 7) is 1.91. The number of ether oxygens (including phenoxy) is 1. The molecule has 2 rings (SSSR count). The fraction of sp³-hybridized carbons (Fsp3) is 0.200. The zero-order chi connectivity index (χ0) is 13.8. The van der Waals surface area contributed by atoms with Crippen molar-refractivity contribution in [3.05, 3.63) is 58.1 Å². The molecule has 0 radical (unpaired) electrons. The molecule has 0 heterocycles. The van der Waals surface area contributed by atoms with E-state index >= 15 is 0 Å². The summed E-state index contributed by atoms with van der Waals surface area (Å²) < 4.78 is 6.83. The van der Waals surface area contributed by atoms with Gasteiger partial charge < -0.3 is 15.6 Å². The second kappa shape index (κ2) is 6.19. The van der Waals surface area contributed by atoms with Gasteiger partial charge in [-0.05, 0) is 42.8 Å². The van der Waals surface area contributed by atoms with Gasteiger partial charge in [-0.25, -0.2) is 0 Å². The van der Waals surface area contributed by atoms with Gasteiger partial charge in [-0.15, -0.1) is 0 Å². The summed E-state index contributed by atoms with van der Waals surface area (Å²) in [6.07, 6.45) is 0. The van der Waals surface area contributed by atoms with Crippen LogP contribution in [0.15, 0.2) is 46.9 Å². The number of aliphatic hydroxyl groups is 1. The van der Waals surface area contributed by atoms with E-state index in [1.807, 2.05) is 49.4 Å². The highest BCUT2D eigenvalue weighted by Crippen LogP contribution is 2.31. The maximum Gasteiger partial charge on any atom is 0.132 e. The Bertz CT molecular complexity index is 570. The van der Waals surface area contributed by atoms with E-state index in [1.54, 1.807) is 0 Å². The van der Waals surface area contributed by atoms with Crippen molar-refractivity contribution in [2.75, 3.05) is 0 Å². The normalized spacial score (nSPS) is 12.2. The lowest BCUT2D eigenvalue weighted by atomic mass is 10.1. The third-order valence-electron chi connectivity index (χ3n) is 2.77. The number of rotatable bonds is 4. The van der Waals surface area contributed by atoms with Crippen LogP contribution in [0.3, 0.4) is 0 Å². The van der Waals surface area contributed by atoms with Crippen LogP contribution in [0.25, 0.3) is 0 Å². The first-order chi connectivity index (χ1) is 9.10. The monoisotopic (exact) mass is 321 g/mol. The van der Waals surface area contributed by atoms with Crippen LogP contribution in [0.4, 0.5) is 0 Å². The predicted molar refractivity (Wildman–Crippen MR) is 79.2 cm³/mol. The Balaban J connectivity index is 2.32. The van der Waals surface area contributed by atoms with Crippen LogP contribution < -0.4 is 10.5 Å². The molecule has 0 aliphatic heterocycles. The number of hydrogen-bond donors (Lipinski definition) is 2. The molecule has 1 atom stereocenters. The van der Waals surface area contributed by atoms with Crippen LogP contribution >= 0.6 is 15.9 Å². The summed E-state index contributed by atoms with van der Waals surface area (Å²) in [5.41, 5.74) is 7.70. The number of nitrogens with two attached hydrogens (primary N) is 1. The fourth-order valence-electron chi connectivity index (χ4n) is 1.80. The van der Waals surface area contributed by atoms with E-state index < -0.39 is 0 Å². The van der Waals surface area contributed by atoms with Crippen molar-refractivity contribution in [3.63, 3.8) is 0 Å². The Morgan fingerprint density at radius 1 is 1.26 bits per heavy atom. The molecule has 3 nitrogen and oxygen atoms in total. The average molecular weight is 322 g/mol. The maximum absolute atomic E-state index is 9.13. The highest BCUT2D eigenvalue weighted by Gasteiger charge is 2.10. The fourth-order valence-corrected chi connectivity index (χ4v) is 2.18. The van der Waals surface area contributed by atoms with E-state index in [-0.39, 0.29) is 12.6 Å². The minimum atomic E-state index is -0.117. The third kappa shape index (κ3) is 3.56. The highest BCUT2D eigenvalue weighted by molar-refractivity contribution is 9.10. The van der Waals surface area contributed by atoms with Crippen LogP contribution in [0.2, 0.25) is 0 Å². The van der Waals surface area contributed by atoms with Crippen LogP contribution in [-0.2, 0) is 6.61 Å². The second-order valence-electron chi connectivity index (χ2n) is 4.38. The summed E-state index contributed by atoms with van der Waals surface area (Å²) in [6, 6.07) is 13.0. The molecule has 1 unspecified atom stereocenters. The number of aliphatic hydroxyl groups excluding tert-OH is 1. The Hall–Kier alpha value is -1.36. The Morgan fingerprint density at radius 3 is 2.74 bits per heavy atom. The van der Waals surface area contributed by atoms with Gasteiger partial charge in [0.05, 0.1) is 6.61 Å². The van der Waals surface area contributed by atoms with Gasteiger partial charge >= 0.3 is 0 Å². The van der Waals surface area contributed by atoms with Crippen molar-refractivity contribution >= 4 is 15.9 Å². The molecule has 100 valence electrons. The molecule has 0 aliphatic rings. The van der Waals surface area contributed by atoms with Crippen molar-refractivity contribution in [2.45, 2.75) is 19.6 Å². The SMILES string of the molecule is CC(N)c1cc(Br)ccc1Oc1cccc(CO)c1. The maximum atomic E-state index is 9.13. The highest BCUT2D eigenvalue weighted by atomic mass is 79.9. The van der Waals surface area contributed by atoms with E-state index in [1.165, 1.54) is 0 Å². The molecule has 3 N–H and O–H groups in total. The third-order valence-corrected chi connectivity index (χ3v) is 3.26. The molecule has 0 aromatic heterocycles. The molecule has 0 fully saturated rings. The minimum Gasteiger partial charge on any atom is -0.457 e. The smallest absolute Gasteiger partial charge is 0.132 e. The van der Waals surface area contributed by atoms with Crippen molar-refractivity contribution in [1.82, 2.24) is 0 Å². The first kappa shape index (κ1) is 14.1. The van der Waals surface area contributed by atoms with E-state index in [9.17, 15) is 0 Å².